The van der Waals surface area contributed by atoms with Gasteiger partial charge in [0.2, 0.25) is 0 Å². The molecule has 1 saturated heterocycles. The maximum absolute atomic E-state index is 4.94. The minimum atomic E-state index is 0. The fraction of sp³-hybridized carbons (Fsp3) is 1.00. The molecule has 0 unspecified atom stereocenters. The third kappa shape index (κ3) is 12.4. The first-order valence-electron chi connectivity index (χ1n) is 3.28. The standard InChI is InChI=1S/C4H8O.C2H5.BrH.Mg/c1-2-4-5-3-1;1-2;;/h1-4H2;1H2,2H3;1H;/q;;;+1/p-1. The second-order valence-electron chi connectivity index (χ2n) is 1.82. The summed E-state index contributed by atoms with van der Waals surface area (Å²) < 4.78 is 6.22. The molecule has 0 bridgehead atoms. The van der Waals surface area contributed by atoms with Crippen LogP contribution in [0.2, 0.25) is 4.55 Å². The molecule has 0 aromatic carbocycles. The van der Waals surface area contributed by atoms with Crippen molar-refractivity contribution < 1.29 is 21.7 Å². The Morgan fingerprint density at radius 1 is 1.33 bits per heavy atom. The van der Waals surface area contributed by atoms with E-state index in [2.05, 4.69) is 6.92 Å². The second-order valence-corrected chi connectivity index (χ2v) is 2.82. The van der Waals surface area contributed by atoms with Crippen molar-refractivity contribution in [2.45, 2.75) is 24.3 Å². The van der Waals surface area contributed by atoms with Crippen LogP contribution in [0.4, 0.5) is 0 Å². The van der Waals surface area contributed by atoms with Crippen molar-refractivity contribution in [1.29, 1.82) is 0 Å². The molecule has 0 radical (unpaired) electrons. The monoisotopic (exact) mass is 204 g/mol. The molecule has 0 N–H and O–H groups in total. The van der Waals surface area contributed by atoms with Crippen molar-refractivity contribution in [3.63, 3.8) is 0 Å². The molecule has 3 heteroatoms. The number of rotatable bonds is 0. The van der Waals surface area contributed by atoms with E-state index in [1.165, 1.54) is 17.4 Å². The van der Waals surface area contributed by atoms with Crippen molar-refractivity contribution in [2.24, 2.45) is 0 Å². The zero-order chi connectivity index (χ0) is 6.24. The third-order valence-electron chi connectivity index (χ3n) is 0.827. The van der Waals surface area contributed by atoms with Gasteiger partial charge in [-0.25, -0.2) is 0 Å². The molecule has 9 heavy (non-hydrogen) atoms. The molecule has 0 saturated carbocycles. The molecule has 1 nitrogen and oxygen atoms in total. The van der Waals surface area contributed by atoms with Gasteiger partial charge in [-0.05, 0) is 12.8 Å². The molecule has 1 aliphatic rings. The predicted molar refractivity (Wildman–Crippen MR) is 36.3 cm³/mol. The summed E-state index contributed by atoms with van der Waals surface area (Å²) in [5.74, 6) is 0. The van der Waals surface area contributed by atoms with Crippen LogP contribution in [0, 0.1) is 0 Å². The first-order valence-corrected chi connectivity index (χ1v) is 4.28. The van der Waals surface area contributed by atoms with E-state index in [0.29, 0.717) is 0 Å². The van der Waals surface area contributed by atoms with Crippen LogP contribution in [-0.2, 0) is 4.74 Å². The van der Waals surface area contributed by atoms with Gasteiger partial charge >= 0.3 is 33.2 Å². The smallest absolute Gasteiger partial charge is 1.00 e. The fourth-order valence-electron chi connectivity index (χ4n) is 0.510. The van der Waals surface area contributed by atoms with Gasteiger partial charge in [0.05, 0.1) is 0 Å². The summed E-state index contributed by atoms with van der Waals surface area (Å²) in [4.78, 5) is 0. The number of hydrogen-bond acceptors (Lipinski definition) is 1. The summed E-state index contributed by atoms with van der Waals surface area (Å²) in [6.45, 7) is 4.14. The minimum Gasteiger partial charge on any atom is -1.00 e. The molecule has 1 heterocycles. The summed E-state index contributed by atoms with van der Waals surface area (Å²) in [6.07, 6.45) is 2.56. The van der Waals surface area contributed by atoms with E-state index in [4.69, 9.17) is 4.74 Å². The Bertz CT molecular complexity index is 32.4. The van der Waals surface area contributed by atoms with E-state index in [1.807, 2.05) is 21.7 Å². The normalized spacial score (nSPS) is 15.4. The van der Waals surface area contributed by atoms with Crippen molar-refractivity contribution in [3.8, 4) is 0 Å². The minimum absolute atomic E-state index is 0. The first-order chi connectivity index (χ1) is 3.91. The molecule has 0 spiro atoms. The number of ether oxygens (including phenoxy) is 1. The van der Waals surface area contributed by atoms with Crippen LogP contribution in [0.15, 0.2) is 0 Å². The second kappa shape index (κ2) is 11.9. The van der Waals surface area contributed by atoms with Gasteiger partial charge in [-0.1, -0.05) is 0 Å². The summed E-state index contributed by atoms with van der Waals surface area (Å²) in [5, 5.41) is 0. The van der Waals surface area contributed by atoms with Gasteiger partial charge in [-0.3, -0.25) is 0 Å². The van der Waals surface area contributed by atoms with E-state index in [1.54, 1.807) is 0 Å². The molecule has 1 aliphatic heterocycles. The molecule has 1 fully saturated rings. The fourth-order valence-corrected chi connectivity index (χ4v) is 0.510. The van der Waals surface area contributed by atoms with Crippen molar-refractivity contribution in [1.82, 2.24) is 0 Å². The van der Waals surface area contributed by atoms with Gasteiger partial charge in [-0.15, -0.1) is 0 Å². The maximum atomic E-state index is 4.94. The summed E-state index contributed by atoms with van der Waals surface area (Å²) in [5.41, 5.74) is 0. The topological polar surface area (TPSA) is 9.23 Å². The molecule has 1 rings (SSSR count). The van der Waals surface area contributed by atoms with Crippen LogP contribution < -0.4 is 17.0 Å². The summed E-state index contributed by atoms with van der Waals surface area (Å²) in [6, 6.07) is 0. The average Bonchev–Trinajstić information content (AvgIpc) is 2.17. The van der Waals surface area contributed by atoms with E-state index >= 15 is 0 Å². The Morgan fingerprint density at radius 2 is 1.67 bits per heavy atom. The Hall–Kier alpha value is 1.21. The van der Waals surface area contributed by atoms with Crippen LogP contribution in [0.3, 0.4) is 0 Å². The molecular weight excluding hydrogens is 192 g/mol. The Kier molecular flexibility index (Phi) is 17.0. The quantitative estimate of drug-likeness (QED) is 0.433. The number of halogens is 1. The Balaban J connectivity index is 0. The first kappa shape index (κ1) is 12.8. The Labute approximate surface area is 80.7 Å². The molecule has 0 aliphatic carbocycles. The maximum Gasteiger partial charge on any atom is -1.00 e. The average molecular weight is 205 g/mol. The van der Waals surface area contributed by atoms with Gasteiger partial charge in [-0.2, -0.15) is 0 Å². The van der Waals surface area contributed by atoms with Gasteiger partial charge < -0.3 is 21.7 Å². The molecule has 52 valence electrons. The third-order valence-corrected chi connectivity index (χ3v) is 0.827. The summed E-state index contributed by atoms with van der Waals surface area (Å²) >= 11 is 1.97. The van der Waals surface area contributed by atoms with Crippen LogP contribution in [-0.4, -0.2) is 34.9 Å². The largest absolute Gasteiger partial charge is 1.00 e. The Morgan fingerprint density at radius 3 is 1.78 bits per heavy atom. The van der Waals surface area contributed by atoms with Crippen LogP contribution in [0.1, 0.15) is 19.8 Å². The van der Waals surface area contributed by atoms with Crippen molar-refractivity contribution >= 4 is 21.7 Å². The van der Waals surface area contributed by atoms with E-state index in [9.17, 15) is 0 Å². The zero-order valence-corrected chi connectivity index (χ0v) is 9.03. The van der Waals surface area contributed by atoms with Gasteiger partial charge in [0, 0.05) is 13.2 Å². The molecule has 0 aromatic rings. The molecule has 0 amide bonds. The van der Waals surface area contributed by atoms with Crippen LogP contribution >= 0.6 is 0 Å². The van der Waals surface area contributed by atoms with E-state index < -0.39 is 0 Å². The van der Waals surface area contributed by atoms with Crippen molar-refractivity contribution in [3.05, 3.63) is 0 Å². The summed E-state index contributed by atoms with van der Waals surface area (Å²) in [7, 11) is 0. The van der Waals surface area contributed by atoms with Crippen LogP contribution in [0.25, 0.3) is 0 Å². The van der Waals surface area contributed by atoms with E-state index in [0.717, 1.165) is 13.2 Å². The number of hydrogen-bond donors (Lipinski definition) is 0. The van der Waals surface area contributed by atoms with Gasteiger partial charge in [0.25, 0.3) is 0 Å². The molecule has 0 atom stereocenters. The SMILES string of the molecule is C1CCOC1.C[CH2][Mg+].[Br-]. The zero-order valence-electron chi connectivity index (χ0n) is 6.03. The van der Waals surface area contributed by atoms with Gasteiger partial charge in [0.15, 0.2) is 0 Å². The predicted octanol–water partition coefficient (Wildman–Crippen LogP) is -1.61. The van der Waals surface area contributed by atoms with Gasteiger partial charge in [0.1, 0.15) is 0 Å². The van der Waals surface area contributed by atoms with Crippen LogP contribution in [0.5, 0.6) is 0 Å². The van der Waals surface area contributed by atoms with E-state index in [-0.39, 0.29) is 17.0 Å². The van der Waals surface area contributed by atoms with Crippen molar-refractivity contribution in [2.75, 3.05) is 13.2 Å². The molecular formula is C6H13BrMgO. The molecule has 0 aromatic heterocycles.